The second-order valence-corrected chi connectivity index (χ2v) is 3.41. The molecule has 2 N–H and O–H groups in total. The number of hydrogen-bond donors (Lipinski definition) is 2. The third-order valence-corrected chi connectivity index (χ3v) is 2.15. The third kappa shape index (κ3) is 2.34. The Morgan fingerprint density at radius 3 is 3.00 bits per heavy atom. The molecule has 0 saturated heterocycles. The van der Waals surface area contributed by atoms with Crippen LogP contribution in [-0.2, 0) is 6.54 Å². The van der Waals surface area contributed by atoms with Crippen molar-refractivity contribution in [3.63, 3.8) is 0 Å². The molecule has 0 fully saturated rings. The van der Waals surface area contributed by atoms with Gasteiger partial charge in [-0.1, -0.05) is 6.07 Å². The first-order chi connectivity index (χ1) is 7.25. The maximum atomic E-state index is 13.4. The van der Waals surface area contributed by atoms with Gasteiger partial charge in [-0.3, -0.25) is 0 Å². The van der Waals surface area contributed by atoms with Crippen LogP contribution in [0.5, 0.6) is 0 Å². The minimum absolute atomic E-state index is 0.227. The second kappa shape index (κ2) is 4.13. The molecular weight excluding hydrogens is 193 g/mol. The highest BCUT2D eigenvalue weighted by molar-refractivity contribution is 5.46. The Labute approximate surface area is 87.4 Å². The van der Waals surface area contributed by atoms with Crippen LogP contribution in [0.25, 0.3) is 0 Å². The molecule has 1 aromatic carbocycles. The number of nitrogens with one attached hydrogen (secondary N) is 2. The van der Waals surface area contributed by atoms with Crippen LogP contribution in [0.15, 0.2) is 30.7 Å². The van der Waals surface area contributed by atoms with Crippen molar-refractivity contribution in [1.29, 1.82) is 0 Å². The molecule has 2 rings (SSSR count). The summed E-state index contributed by atoms with van der Waals surface area (Å²) in [6.45, 7) is 2.40. The molecule has 0 saturated carbocycles. The molecule has 0 aliphatic rings. The van der Waals surface area contributed by atoms with Crippen LogP contribution in [0.1, 0.15) is 11.3 Å². The Kier molecular flexibility index (Phi) is 2.67. The maximum absolute atomic E-state index is 13.4. The van der Waals surface area contributed by atoms with Crippen LogP contribution in [0.4, 0.5) is 10.1 Å². The number of imidazole rings is 1. The lowest BCUT2D eigenvalue weighted by Gasteiger charge is -2.06. The molecule has 15 heavy (non-hydrogen) atoms. The molecule has 0 unspecified atom stereocenters. The number of benzene rings is 1. The van der Waals surface area contributed by atoms with E-state index in [1.165, 1.54) is 6.07 Å². The fourth-order valence-electron chi connectivity index (χ4n) is 1.34. The molecule has 4 heteroatoms. The van der Waals surface area contributed by atoms with E-state index in [4.69, 9.17) is 0 Å². The molecule has 0 atom stereocenters. The lowest BCUT2D eigenvalue weighted by molar-refractivity contribution is 0.629. The van der Waals surface area contributed by atoms with Gasteiger partial charge in [-0.25, -0.2) is 9.37 Å². The van der Waals surface area contributed by atoms with Crippen molar-refractivity contribution in [2.45, 2.75) is 13.5 Å². The first-order valence-electron chi connectivity index (χ1n) is 4.73. The average Bonchev–Trinajstić information content (AvgIpc) is 2.69. The van der Waals surface area contributed by atoms with Crippen molar-refractivity contribution in [3.8, 4) is 0 Å². The molecule has 1 heterocycles. The Bertz CT molecular complexity index is 437. The maximum Gasteiger partial charge on any atom is 0.146 e. The predicted molar refractivity (Wildman–Crippen MR) is 57.1 cm³/mol. The fraction of sp³-hybridized carbons (Fsp3) is 0.182. The summed E-state index contributed by atoms with van der Waals surface area (Å²) in [6.07, 6.45) is 3.31. The summed E-state index contributed by atoms with van der Waals surface area (Å²) in [7, 11) is 0. The number of nitrogens with zero attached hydrogens (tertiary/aromatic N) is 1. The van der Waals surface area contributed by atoms with Gasteiger partial charge in [0.05, 0.1) is 24.3 Å². The van der Waals surface area contributed by atoms with Gasteiger partial charge in [0.15, 0.2) is 0 Å². The van der Waals surface area contributed by atoms with Gasteiger partial charge in [-0.05, 0) is 24.6 Å². The lowest BCUT2D eigenvalue weighted by Crippen LogP contribution is -2.01. The summed E-state index contributed by atoms with van der Waals surface area (Å²) in [4.78, 5) is 6.82. The molecule has 0 spiro atoms. The number of aryl methyl sites for hydroxylation is 1. The summed E-state index contributed by atoms with van der Waals surface area (Å²) in [5.41, 5.74) is 2.35. The molecule has 0 aliphatic carbocycles. The van der Waals surface area contributed by atoms with Gasteiger partial charge in [0.25, 0.3) is 0 Å². The molecule has 0 bridgehead atoms. The normalized spacial score (nSPS) is 10.3. The predicted octanol–water partition coefficient (Wildman–Crippen LogP) is 2.47. The van der Waals surface area contributed by atoms with Crippen LogP contribution in [0.2, 0.25) is 0 Å². The highest BCUT2D eigenvalue weighted by Gasteiger charge is 2.01. The molecule has 0 radical (unpaired) electrons. The highest BCUT2D eigenvalue weighted by Crippen LogP contribution is 2.15. The number of hydrogen-bond acceptors (Lipinski definition) is 2. The standard InChI is InChI=1S/C11H12FN3/c1-8-2-3-11(10(12)4-8)14-6-9-5-13-7-15-9/h2-5,7,14H,6H2,1H3,(H,13,15). The largest absolute Gasteiger partial charge is 0.377 e. The van der Waals surface area contributed by atoms with Crippen molar-refractivity contribution < 1.29 is 4.39 Å². The van der Waals surface area contributed by atoms with Crippen molar-refractivity contribution in [3.05, 3.63) is 47.8 Å². The quantitative estimate of drug-likeness (QED) is 0.808. The topological polar surface area (TPSA) is 40.7 Å². The van der Waals surface area contributed by atoms with Gasteiger partial charge in [0, 0.05) is 6.20 Å². The first kappa shape index (κ1) is 9.71. The minimum atomic E-state index is -0.227. The Balaban J connectivity index is 2.05. The van der Waals surface area contributed by atoms with Crippen LogP contribution in [-0.4, -0.2) is 9.97 Å². The third-order valence-electron chi connectivity index (χ3n) is 2.15. The van der Waals surface area contributed by atoms with E-state index in [2.05, 4.69) is 15.3 Å². The molecule has 0 amide bonds. The van der Waals surface area contributed by atoms with E-state index in [1.807, 2.05) is 13.0 Å². The molecule has 78 valence electrons. The Hall–Kier alpha value is -1.84. The zero-order chi connectivity index (χ0) is 10.7. The molecule has 1 aromatic heterocycles. The Morgan fingerprint density at radius 1 is 1.47 bits per heavy atom. The highest BCUT2D eigenvalue weighted by atomic mass is 19.1. The zero-order valence-corrected chi connectivity index (χ0v) is 8.42. The monoisotopic (exact) mass is 205 g/mol. The van der Waals surface area contributed by atoms with Crippen LogP contribution in [0, 0.1) is 12.7 Å². The van der Waals surface area contributed by atoms with Gasteiger partial charge in [-0.2, -0.15) is 0 Å². The number of halogens is 1. The van der Waals surface area contributed by atoms with E-state index in [1.54, 1.807) is 18.6 Å². The first-order valence-corrected chi connectivity index (χ1v) is 4.73. The van der Waals surface area contributed by atoms with E-state index in [0.717, 1.165) is 11.3 Å². The molecule has 2 aromatic rings. The van der Waals surface area contributed by atoms with Gasteiger partial charge < -0.3 is 10.3 Å². The average molecular weight is 205 g/mol. The zero-order valence-electron chi connectivity index (χ0n) is 8.42. The summed E-state index contributed by atoms with van der Waals surface area (Å²) in [6, 6.07) is 5.12. The fourth-order valence-corrected chi connectivity index (χ4v) is 1.34. The van der Waals surface area contributed by atoms with Gasteiger partial charge >= 0.3 is 0 Å². The summed E-state index contributed by atoms with van der Waals surface area (Å²) in [5, 5.41) is 3.00. The summed E-state index contributed by atoms with van der Waals surface area (Å²) in [5.74, 6) is -0.227. The van der Waals surface area contributed by atoms with Gasteiger partial charge in [0.1, 0.15) is 5.82 Å². The number of aromatic amines is 1. The van der Waals surface area contributed by atoms with Crippen molar-refractivity contribution in [2.24, 2.45) is 0 Å². The van der Waals surface area contributed by atoms with E-state index < -0.39 is 0 Å². The number of anilines is 1. The molecule has 0 aliphatic heterocycles. The SMILES string of the molecule is Cc1ccc(NCc2cnc[nH]2)c(F)c1. The summed E-state index contributed by atoms with van der Waals surface area (Å²) >= 11 is 0. The van der Waals surface area contributed by atoms with Crippen LogP contribution in [0.3, 0.4) is 0 Å². The smallest absolute Gasteiger partial charge is 0.146 e. The summed E-state index contributed by atoms with van der Waals surface area (Å²) < 4.78 is 13.4. The van der Waals surface area contributed by atoms with E-state index in [0.29, 0.717) is 12.2 Å². The number of rotatable bonds is 3. The van der Waals surface area contributed by atoms with E-state index >= 15 is 0 Å². The molecular formula is C11H12FN3. The van der Waals surface area contributed by atoms with Crippen LogP contribution < -0.4 is 5.32 Å². The lowest BCUT2D eigenvalue weighted by atomic mass is 10.2. The number of aromatic nitrogens is 2. The van der Waals surface area contributed by atoms with Gasteiger partial charge in [0.2, 0.25) is 0 Å². The minimum Gasteiger partial charge on any atom is -0.377 e. The van der Waals surface area contributed by atoms with Crippen molar-refractivity contribution in [2.75, 3.05) is 5.32 Å². The molecule has 3 nitrogen and oxygen atoms in total. The van der Waals surface area contributed by atoms with Crippen molar-refractivity contribution in [1.82, 2.24) is 9.97 Å². The Morgan fingerprint density at radius 2 is 2.33 bits per heavy atom. The van der Waals surface area contributed by atoms with Crippen molar-refractivity contribution >= 4 is 5.69 Å². The van der Waals surface area contributed by atoms with E-state index in [-0.39, 0.29) is 5.82 Å². The second-order valence-electron chi connectivity index (χ2n) is 3.41. The number of H-pyrrole nitrogens is 1. The van der Waals surface area contributed by atoms with Gasteiger partial charge in [-0.15, -0.1) is 0 Å². The van der Waals surface area contributed by atoms with E-state index in [9.17, 15) is 4.39 Å². The van der Waals surface area contributed by atoms with Crippen LogP contribution >= 0.6 is 0 Å².